The van der Waals surface area contributed by atoms with Crippen LogP contribution in [-0.2, 0) is 16.1 Å². The molecular weight excluding hydrogens is 316 g/mol. The largest absolute Gasteiger partial charge is 0.485 e. The first-order valence-corrected chi connectivity index (χ1v) is 8.40. The molecule has 3 rings (SSSR count). The van der Waals surface area contributed by atoms with E-state index in [4.69, 9.17) is 18.9 Å². The second-order valence-electron chi connectivity index (χ2n) is 5.08. The quantitative estimate of drug-likeness (QED) is 0.759. The standard InChI is InChI=1S/C17H18O5S/c1-2-20-17(18)13-5-3-12(4-6-13)7-19-8-14-9-21-15-10-23-11-16(15)22-14/h3-6,10-11,14H,2,7-9H2,1H3. The molecule has 2 aromatic rings. The molecule has 1 unspecified atom stereocenters. The third-order valence-corrected chi connectivity index (χ3v) is 4.05. The molecule has 5 nitrogen and oxygen atoms in total. The van der Waals surface area contributed by atoms with Gasteiger partial charge in [0.2, 0.25) is 0 Å². The van der Waals surface area contributed by atoms with E-state index in [9.17, 15) is 4.79 Å². The molecule has 0 saturated heterocycles. The van der Waals surface area contributed by atoms with Crippen molar-refractivity contribution in [2.45, 2.75) is 19.6 Å². The van der Waals surface area contributed by atoms with Gasteiger partial charge in [-0.2, -0.15) is 0 Å². The third kappa shape index (κ3) is 4.03. The van der Waals surface area contributed by atoms with E-state index in [1.54, 1.807) is 30.4 Å². The fraction of sp³-hybridized carbons (Fsp3) is 0.353. The van der Waals surface area contributed by atoms with Crippen molar-refractivity contribution in [2.24, 2.45) is 0 Å². The van der Waals surface area contributed by atoms with Gasteiger partial charge in [0.05, 0.1) is 25.4 Å². The smallest absolute Gasteiger partial charge is 0.338 e. The van der Waals surface area contributed by atoms with Crippen molar-refractivity contribution < 1.29 is 23.7 Å². The first-order valence-electron chi connectivity index (χ1n) is 7.45. The second-order valence-corrected chi connectivity index (χ2v) is 5.83. The lowest BCUT2D eigenvalue weighted by molar-refractivity contribution is 0.00332. The van der Waals surface area contributed by atoms with E-state index >= 15 is 0 Å². The van der Waals surface area contributed by atoms with E-state index in [0.29, 0.717) is 32.0 Å². The number of esters is 1. The molecule has 0 aliphatic carbocycles. The van der Waals surface area contributed by atoms with Gasteiger partial charge in [-0.05, 0) is 24.6 Å². The summed E-state index contributed by atoms with van der Waals surface area (Å²) in [6, 6.07) is 7.21. The molecule has 2 heterocycles. The zero-order valence-electron chi connectivity index (χ0n) is 12.8. The number of carbonyl (C=O) groups is 1. The van der Waals surface area contributed by atoms with E-state index in [1.807, 2.05) is 22.9 Å². The molecule has 0 amide bonds. The highest BCUT2D eigenvalue weighted by molar-refractivity contribution is 7.08. The molecule has 0 saturated carbocycles. The van der Waals surface area contributed by atoms with Crippen molar-refractivity contribution in [3.63, 3.8) is 0 Å². The highest BCUT2D eigenvalue weighted by Crippen LogP contribution is 2.35. The molecule has 122 valence electrons. The van der Waals surface area contributed by atoms with E-state index < -0.39 is 0 Å². The van der Waals surface area contributed by atoms with Gasteiger partial charge in [0.15, 0.2) is 17.6 Å². The molecule has 0 spiro atoms. The van der Waals surface area contributed by atoms with E-state index in [2.05, 4.69) is 0 Å². The maximum absolute atomic E-state index is 11.6. The molecule has 0 radical (unpaired) electrons. The van der Waals surface area contributed by atoms with Gasteiger partial charge in [-0.1, -0.05) is 12.1 Å². The Hall–Kier alpha value is -2.05. The van der Waals surface area contributed by atoms with Gasteiger partial charge in [-0.3, -0.25) is 0 Å². The summed E-state index contributed by atoms with van der Waals surface area (Å²) < 4.78 is 22.0. The topological polar surface area (TPSA) is 54.0 Å². The lowest BCUT2D eigenvalue weighted by Gasteiger charge is -2.24. The van der Waals surface area contributed by atoms with Crippen LogP contribution in [0.2, 0.25) is 0 Å². The Bertz CT molecular complexity index is 649. The van der Waals surface area contributed by atoms with Gasteiger partial charge in [0.25, 0.3) is 0 Å². The minimum absolute atomic E-state index is 0.101. The van der Waals surface area contributed by atoms with Crippen LogP contribution in [0.15, 0.2) is 35.0 Å². The molecule has 1 aromatic carbocycles. The molecule has 1 aliphatic rings. The summed E-state index contributed by atoms with van der Waals surface area (Å²) in [5, 5.41) is 3.85. The Balaban J connectivity index is 1.45. The molecule has 1 aromatic heterocycles. The van der Waals surface area contributed by atoms with Crippen LogP contribution in [0.1, 0.15) is 22.8 Å². The maximum atomic E-state index is 11.6. The molecule has 1 aliphatic heterocycles. The van der Waals surface area contributed by atoms with E-state index in [1.165, 1.54) is 0 Å². The third-order valence-electron chi connectivity index (χ3n) is 3.35. The zero-order valence-corrected chi connectivity index (χ0v) is 13.6. The highest BCUT2D eigenvalue weighted by atomic mass is 32.1. The molecular formula is C17H18O5S. The summed E-state index contributed by atoms with van der Waals surface area (Å²) in [7, 11) is 0. The average Bonchev–Trinajstić information content (AvgIpc) is 3.03. The molecule has 6 heteroatoms. The Morgan fingerprint density at radius 2 is 2.04 bits per heavy atom. The summed E-state index contributed by atoms with van der Waals surface area (Å²) in [6.45, 7) is 3.56. The summed E-state index contributed by atoms with van der Waals surface area (Å²) in [5.74, 6) is 1.29. The van der Waals surface area contributed by atoms with Crippen molar-refractivity contribution in [3.8, 4) is 11.5 Å². The van der Waals surface area contributed by atoms with Crippen molar-refractivity contribution in [2.75, 3.05) is 19.8 Å². The fourth-order valence-corrected chi connectivity index (χ4v) is 2.87. The number of benzene rings is 1. The van der Waals surface area contributed by atoms with Gasteiger partial charge in [-0.15, -0.1) is 11.3 Å². The van der Waals surface area contributed by atoms with Gasteiger partial charge < -0.3 is 18.9 Å². The molecule has 23 heavy (non-hydrogen) atoms. The Kier molecular flexibility index (Phi) is 5.15. The fourth-order valence-electron chi connectivity index (χ4n) is 2.20. The minimum Gasteiger partial charge on any atom is -0.485 e. The number of fused-ring (bicyclic) bond motifs is 1. The number of hydrogen-bond donors (Lipinski definition) is 0. The molecule has 0 fully saturated rings. The van der Waals surface area contributed by atoms with Crippen LogP contribution in [-0.4, -0.2) is 31.9 Å². The van der Waals surface area contributed by atoms with Crippen molar-refractivity contribution in [1.82, 2.24) is 0 Å². The highest BCUT2D eigenvalue weighted by Gasteiger charge is 2.21. The van der Waals surface area contributed by atoms with Crippen molar-refractivity contribution in [1.29, 1.82) is 0 Å². The summed E-state index contributed by atoms with van der Waals surface area (Å²) in [5.41, 5.74) is 1.54. The number of hydrogen-bond acceptors (Lipinski definition) is 6. The SMILES string of the molecule is CCOC(=O)c1ccc(COCC2COc3cscc3O2)cc1. The van der Waals surface area contributed by atoms with Gasteiger partial charge in [0, 0.05) is 10.8 Å². The summed E-state index contributed by atoms with van der Waals surface area (Å²) >= 11 is 1.56. The second kappa shape index (κ2) is 7.48. The Morgan fingerprint density at radius 3 is 2.83 bits per heavy atom. The monoisotopic (exact) mass is 334 g/mol. The molecule has 0 N–H and O–H groups in total. The van der Waals surface area contributed by atoms with Crippen LogP contribution >= 0.6 is 11.3 Å². The van der Waals surface area contributed by atoms with Gasteiger partial charge >= 0.3 is 5.97 Å². The van der Waals surface area contributed by atoms with E-state index in [0.717, 1.165) is 17.1 Å². The van der Waals surface area contributed by atoms with Crippen LogP contribution in [0.5, 0.6) is 11.5 Å². The Morgan fingerprint density at radius 1 is 1.26 bits per heavy atom. The van der Waals surface area contributed by atoms with Crippen molar-refractivity contribution >= 4 is 17.3 Å². The van der Waals surface area contributed by atoms with Crippen molar-refractivity contribution in [3.05, 3.63) is 46.2 Å². The zero-order chi connectivity index (χ0) is 16.1. The van der Waals surface area contributed by atoms with Crippen LogP contribution in [0, 0.1) is 0 Å². The summed E-state index contributed by atoms with van der Waals surface area (Å²) in [6.07, 6.45) is -0.101. The Labute approximate surface area is 138 Å². The van der Waals surface area contributed by atoms with Gasteiger partial charge in [-0.25, -0.2) is 4.79 Å². The van der Waals surface area contributed by atoms with Gasteiger partial charge in [0.1, 0.15) is 6.61 Å². The average molecular weight is 334 g/mol. The maximum Gasteiger partial charge on any atom is 0.338 e. The number of rotatable bonds is 6. The number of carbonyl (C=O) groups excluding carboxylic acids is 1. The van der Waals surface area contributed by atoms with Crippen LogP contribution in [0.4, 0.5) is 0 Å². The van der Waals surface area contributed by atoms with E-state index in [-0.39, 0.29) is 12.1 Å². The lowest BCUT2D eigenvalue weighted by atomic mass is 10.1. The predicted octanol–water partition coefficient (Wildman–Crippen LogP) is 3.28. The van der Waals surface area contributed by atoms with Crippen LogP contribution in [0.25, 0.3) is 0 Å². The number of ether oxygens (including phenoxy) is 4. The normalized spacial score (nSPS) is 16.1. The lowest BCUT2D eigenvalue weighted by Crippen LogP contribution is -2.32. The first-order chi connectivity index (χ1) is 11.3. The summed E-state index contributed by atoms with van der Waals surface area (Å²) in [4.78, 5) is 11.6. The van der Waals surface area contributed by atoms with Crippen LogP contribution in [0.3, 0.4) is 0 Å². The minimum atomic E-state index is -0.306. The van der Waals surface area contributed by atoms with Crippen LogP contribution < -0.4 is 9.47 Å². The number of thiophene rings is 1. The predicted molar refractivity (Wildman–Crippen MR) is 86.3 cm³/mol. The molecule has 0 bridgehead atoms. The molecule has 1 atom stereocenters. The first kappa shape index (κ1) is 15.8.